The predicted molar refractivity (Wildman–Crippen MR) is 162 cm³/mol. The molecule has 11 nitrogen and oxygen atoms in total. The van der Waals surface area contributed by atoms with Crippen molar-refractivity contribution >= 4 is 58.5 Å². The molecule has 0 radical (unpaired) electrons. The lowest BCUT2D eigenvalue weighted by Crippen LogP contribution is -2.54. The minimum Gasteiger partial charge on any atom is -0.382 e. The van der Waals surface area contributed by atoms with Crippen molar-refractivity contribution in [2.24, 2.45) is 0 Å². The Kier molecular flexibility index (Phi) is 7.76. The molecule has 1 unspecified atom stereocenters. The summed E-state index contributed by atoms with van der Waals surface area (Å²) >= 11 is 12.5. The van der Waals surface area contributed by atoms with Crippen molar-refractivity contribution in [1.82, 2.24) is 25.5 Å². The number of hydrogen-bond acceptors (Lipinski definition) is 9. The first-order valence-corrected chi connectivity index (χ1v) is 14.8. The van der Waals surface area contributed by atoms with Crippen molar-refractivity contribution in [2.45, 2.75) is 50.7 Å². The number of hydrogen-bond donors (Lipinski definition) is 3. The third-order valence-electron chi connectivity index (χ3n) is 8.50. The summed E-state index contributed by atoms with van der Waals surface area (Å²) < 4.78 is 15.1. The van der Waals surface area contributed by atoms with Crippen LogP contribution in [0.25, 0.3) is 11.3 Å². The van der Waals surface area contributed by atoms with Gasteiger partial charge in [-0.25, -0.2) is 14.4 Å². The summed E-state index contributed by atoms with van der Waals surface area (Å²) in [6, 6.07) is 6.53. The van der Waals surface area contributed by atoms with Gasteiger partial charge < -0.3 is 16.0 Å². The van der Waals surface area contributed by atoms with Gasteiger partial charge in [0.2, 0.25) is 11.8 Å². The predicted octanol–water partition coefficient (Wildman–Crippen LogP) is 3.72. The van der Waals surface area contributed by atoms with Crippen molar-refractivity contribution in [1.29, 1.82) is 0 Å². The van der Waals surface area contributed by atoms with Crippen LogP contribution in [-0.2, 0) is 16.1 Å². The second-order valence-electron chi connectivity index (χ2n) is 11.4. The molecule has 228 valence electrons. The molecule has 0 spiro atoms. The Hall–Kier alpha value is -4.13. The van der Waals surface area contributed by atoms with Gasteiger partial charge in [0, 0.05) is 42.7 Å². The number of nitrogen functional groups attached to an aromatic ring is 1. The smallest absolute Gasteiger partial charge is 0.262 e. The maximum atomic E-state index is 15.1. The highest BCUT2D eigenvalue weighted by molar-refractivity contribution is 6.43. The summed E-state index contributed by atoms with van der Waals surface area (Å²) in [6.45, 7) is 3.43. The second kappa shape index (κ2) is 11.4. The number of amides is 4. The van der Waals surface area contributed by atoms with Gasteiger partial charge in [0.15, 0.2) is 5.82 Å². The van der Waals surface area contributed by atoms with Gasteiger partial charge in [-0.15, -0.1) is 0 Å². The second-order valence-corrected chi connectivity index (χ2v) is 12.2. The highest BCUT2D eigenvalue weighted by Gasteiger charge is 2.45. The van der Waals surface area contributed by atoms with Gasteiger partial charge in [0.25, 0.3) is 11.8 Å². The van der Waals surface area contributed by atoms with E-state index < -0.39 is 35.5 Å². The van der Waals surface area contributed by atoms with Crippen LogP contribution in [0.15, 0.2) is 36.5 Å². The number of benzene rings is 2. The summed E-state index contributed by atoms with van der Waals surface area (Å²) in [5.41, 5.74) is 7.11. The number of anilines is 2. The fraction of sp³-hybridized carbons (Fsp3) is 0.333. The molecule has 0 bridgehead atoms. The standard InChI is InChI=1S/C30H28Cl2FN7O4/c1-30(7-9-39(10-8-30)22-14-35-25(26(34)37-22)16-3-2-4-19(31)24(16)32)36-13-15-11-17-18(12-20(15)33)29(44)40(28(17)43)21-5-6-23(41)38-27(21)42/h2-4,11-12,14,21,36H,5-10,13H2,1H3,(H2,34,37)(H,38,41,42). The third kappa shape index (κ3) is 5.37. The Morgan fingerprint density at radius 2 is 1.80 bits per heavy atom. The highest BCUT2D eigenvalue weighted by atomic mass is 35.5. The molecule has 6 rings (SSSR count). The molecule has 2 aromatic carbocycles. The fourth-order valence-corrected chi connectivity index (χ4v) is 6.22. The minimum absolute atomic E-state index is 0.00645. The lowest BCUT2D eigenvalue weighted by Gasteiger charge is -2.40. The number of carbonyl (C=O) groups excluding carboxylic acids is 4. The number of piperidine rings is 2. The molecule has 2 saturated heterocycles. The van der Waals surface area contributed by atoms with Gasteiger partial charge in [-0.2, -0.15) is 0 Å². The summed E-state index contributed by atoms with van der Waals surface area (Å²) in [4.78, 5) is 61.9. The maximum Gasteiger partial charge on any atom is 0.262 e. The van der Waals surface area contributed by atoms with Crippen LogP contribution in [0, 0.1) is 5.82 Å². The molecule has 3 aromatic rings. The summed E-state index contributed by atoms with van der Waals surface area (Å²) in [7, 11) is 0. The zero-order valence-corrected chi connectivity index (χ0v) is 25.1. The number of rotatable bonds is 6. The van der Waals surface area contributed by atoms with Crippen LogP contribution in [0.3, 0.4) is 0 Å². The molecule has 1 atom stereocenters. The lowest BCUT2D eigenvalue weighted by atomic mass is 9.89. The molecular formula is C30H28Cl2FN7O4. The van der Waals surface area contributed by atoms with E-state index in [1.807, 2.05) is 6.92 Å². The molecule has 4 N–H and O–H groups in total. The monoisotopic (exact) mass is 639 g/mol. The molecular weight excluding hydrogens is 612 g/mol. The van der Waals surface area contributed by atoms with Crippen molar-refractivity contribution in [3.05, 3.63) is 69.1 Å². The van der Waals surface area contributed by atoms with Crippen molar-refractivity contribution in [3.63, 3.8) is 0 Å². The number of nitrogens with one attached hydrogen (secondary N) is 2. The van der Waals surface area contributed by atoms with Gasteiger partial charge in [-0.05, 0) is 44.4 Å². The fourth-order valence-electron chi connectivity index (χ4n) is 5.83. The molecule has 44 heavy (non-hydrogen) atoms. The summed E-state index contributed by atoms with van der Waals surface area (Å²) in [6.07, 6.45) is 3.08. The number of fused-ring (bicyclic) bond motifs is 1. The molecule has 4 heterocycles. The first-order valence-electron chi connectivity index (χ1n) is 14.1. The van der Waals surface area contributed by atoms with E-state index in [1.54, 1.807) is 24.4 Å². The van der Waals surface area contributed by atoms with Gasteiger partial charge in [-0.3, -0.25) is 29.4 Å². The highest BCUT2D eigenvalue weighted by Crippen LogP contribution is 2.36. The zero-order valence-electron chi connectivity index (χ0n) is 23.6. The number of nitrogens with zero attached hydrogens (tertiary/aromatic N) is 4. The number of aromatic nitrogens is 2. The van der Waals surface area contributed by atoms with Crippen LogP contribution < -0.4 is 21.3 Å². The van der Waals surface area contributed by atoms with Crippen molar-refractivity contribution < 1.29 is 23.6 Å². The van der Waals surface area contributed by atoms with E-state index in [9.17, 15) is 19.2 Å². The molecule has 2 fully saturated rings. The largest absolute Gasteiger partial charge is 0.382 e. The third-order valence-corrected chi connectivity index (χ3v) is 9.32. The van der Waals surface area contributed by atoms with Gasteiger partial charge in [-0.1, -0.05) is 35.3 Å². The van der Waals surface area contributed by atoms with E-state index >= 15 is 4.39 Å². The van der Waals surface area contributed by atoms with Crippen LogP contribution in [0.1, 0.15) is 58.9 Å². The SMILES string of the molecule is CC1(NCc2cc3c(cc2F)C(=O)N(C2CCC(=O)NC2=O)C3=O)CCN(c2cnc(-c3cccc(Cl)c3Cl)c(N)n2)CC1. The molecule has 3 aliphatic rings. The van der Waals surface area contributed by atoms with Crippen LogP contribution in [0.2, 0.25) is 10.0 Å². The summed E-state index contributed by atoms with van der Waals surface area (Å²) in [5.74, 6) is -2.37. The number of nitrogens with two attached hydrogens (primary N) is 1. The average molecular weight is 641 g/mol. The average Bonchev–Trinajstić information content (AvgIpc) is 3.22. The Balaban J connectivity index is 1.11. The van der Waals surface area contributed by atoms with E-state index in [-0.39, 0.29) is 47.4 Å². The van der Waals surface area contributed by atoms with E-state index in [4.69, 9.17) is 28.9 Å². The van der Waals surface area contributed by atoms with E-state index in [0.717, 1.165) is 11.0 Å². The number of carbonyl (C=O) groups is 4. The normalized spacial score (nSPS) is 19.8. The maximum absolute atomic E-state index is 15.1. The lowest BCUT2D eigenvalue weighted by molar-refractivity contribution is -0.136. The van der Waals surface area contributed by atoms with E-state index in [1.165, 1.54) is 6.07 Å². The van der Waals surface area contributed by atoms with Gasteiger partial charge >= 0.3 is 0 Å². The molecule has 1 aromatic heterocycles. The summed E-state index contributed by atoms with van der Waals surface area (Å²) in [5, 5.41) is 6.32. The van der Waals surface area contributed by atoms with Crippen molar-refractivity contribution in [3.8, 4) is 11.3 Å². The molecule has 14 heteroatoms. The Bertz CT molecular complexity index is 1730. The Morgan fingerprint density at radius 1 is 1.09 bits per heavy atom. The van der Waals surface area contributed by atoms with Crippen LogP contribution in [-0.4, -0.2) is 63.2 Å². The Morgan fingerprint density at radius 3 is 2.48 bits per heavy atom. The molecule has 0 saturated carbocycles. The Labute approximate surface area is 261 Å². The minimum atomic E-state index is -1.11. The zero-order chi connectivity index (χ0) is 31.3. The number of halogens is 3. The van der Waals surface area contributed by atoms with E-state index in [2.05, 4.69) is 25.5 Å². The topological polar surface area (TPSA) is 151 Å². The van der Waals surface area contributed by atoms with E-state index in [0.29, 0.717) is 53.1 Å². The molecule has 4 amide bonds. The first-order chi connectivity index (χ1) is 21.0. The van der Waals surface area contributed by atoms with Crippen LogP contribution >= 0.6 is 23.2 Å². The van der Waals surface area contributed by atoms with Gasteiger partial charge in [0.05, 0.1) is 27.4 Å². The van der Waals surface area contributed by atoms with Crippen LogP contribution in [0.5, 0.6) is 0 Å². The molecule has 3 aliphatic heterocycles. The number of imide groups is 2. The van der Waals surface area contributed by atoms with Crippen molar-refractivity contribution in [2.75, 3.05) is 23.7 Å². The molecule has 0 aliphatic carbocycles. The van der Waals surface area contributed by atoms with Gasteiger partial charge in [0.1, 0.15) is 23.4 Å². The quantitative estimate of drug-likeness (QED) is 0.343. The first kappa shape index (κ1) is 29.9. The van der Waals surface area contributed by atoms with Crippen LogP contribution in [0.4, 0.5) is 16.0 Å².